The number of pyridine rings is 2. The van der Waals surface area contributed by atoms with Crippen LogP contribution in [0.25, 0.3) is 22.2 Å². The fourth-order valence-corrected chi connectivity index (χ4v) is 1.93. The van der Waals surface area contributed by atoms with Crippen LogP contribution in [0.5, 0.6) is 5.75 Å². The van der Waals surface area contributed by atoms with Crippen LogP contribution in [0.3, 0.4) is 0 Å². The van der Waals surface area contributed by atoms with Crippen LogP contribution in [0.2, 0.25) is 0 Å². The number of hydrogen-bond acceptors (Lipinski definition) is 3. The van der Waals surface area contributed by atoms with E-state index in [1.165, 1.54) is 6.20 Å². The Bertz CT molecular complexity index is 746. The van der Waals surface area contributed by atoms with Crippen molar-refractivity contribution in [3.05, 3.63) is 54.4 Å². The second kappa shape index (κ2) is 4.28. The fourth-order valence-electron chi connectivity index (χ4n) is 1.93. The SMILES string of the molecule is Oc1c(F)cc(-c2nccc3ncccc23)cc1F. The number of phenolic OH excluding ortho intramolecular Hbond substituents is 1. The molecule has 0 radical (unpaired) electrons. The van der Waals surface area contributed by atoms with Crippen molar-refractivity contribution in [3.8, 4) is 17.0 Å². The first-order valence-corrected chi connectivity index (χ1v) is 5.55. The predicted molar refractivity (Wildman–Crippen MR) is 66.6 cm³/mol. The molecule has 3 nitrogen and oxygen atoms in total. The number of benzene rings is 1. The maximum atomic E-state index is 13.4. The van der Waals surface area contributed by atoms with Gasteiger partial charge in [0, 0.05) is 23.3 Å². The van der Waals surface area contributed by atoms with Crippen LogP contribution < -0.4 is 0 Å². The molecular weight excluding hydrogens is 250 g/mol. The van der Waals surface area contributed by atoms with Gasteiger partial charge < -0.3 is 5.11 Å². The Morgan fingerprint density at radius 1 is 0.947 bits per heavy atom. The topological polar surface area (TPSA) is 46.0 Å². The molecule has 0 atom stereocenters. The van der Waals surface area contributed by atoms with Gasteiger partial charge in [-0.05, 0) is 30.3 Å². The lowest BCUT2D eigenvalue weighted by Gasteiger charge is -2.06. The van der Waals surface area contributed by atoms with Gasteiger partial charge in [-0.15, -0.1) is 0 Å². The molecule has 0 spiro atoms. The maximum absolute atomic E-state index is 13.4. The second-order valence-electron chi connectivity index (χ2n) is 4.02. The van der Waals surface area contributed by atoms with Gasteiger partial charge in [0.2, 0.25) is 0 Å². The molecule has 0 saturated heterocycles. The number of aromatic hydroxyl groups is 1. The molecule has 0 saturated carbocycles. The first kappa shape index (κ1) is 11.5. The summed E-state index contributed by atoms with van der Waals surface area (Å²) in [6.07, 6.45) is 3.15. The highest BCUT2D eigenvalue weighted by molar-refractivity contribution is 5.92. The molecule has 3 rings (SSSR count). The van der Waals surface area contributed by atoms with Crippen molar-refractivity contribution in [2.45, 2.75) is 0 Å². The molecule has 3 aromatic rings. The summed E-state index contributed by atoms with van der Waals surface area (Å²) in [4.78, 5) is 8.29. The van der Waals surface area contributed by atoms with Gasteiger partial charge in [-0.2, -0.15) is 0 Å². The van der Waals surface area contributed by atoms with E-state index in [1.54, 1.807) is 24.4 Å². The zero-order chi connectivity index (χ0) is 13.4. The molecule has 2 heterocycles. The molecule has 94 valence electrons. The standard InChI is InChI=1S/C14H8F2N2O/c15-10-6-8(7-11(16)14(10)19)13-9-2-1-4-17-12(9)3-5-18-13/h1-7,19H. The van der Waals surface area contributed by atoms with Gasteiger partial charge in [0.05, 0.1) is 11.2 Å². The third-order valence-corrected chi connectivity index (χ3v) is 2.82. The molecule has 0 amide bonds. The first-order chi connectivity index (χ1) is 9.16. The number of rotatable bonds is 1. The van der Waals surface area contributed by atoms with Gasteiger partial charge in [0.1, 0.15) is 0 Å². The molecule has 2 aromatic heterocycles. The number of hydrogen-bond donors (Lipinski definition) is 1. The van der Waals surface area contributed by atoms with Gasteiger partial charge in [0.25, 0.3) is 0 Å². The van der Waals surface area contributed by atoms with Crippen LogP contribution in [0, 0.1) is 11.6 Å². The smallest absolute Gasteiger partial charge is 0.187 e. The van der Waals surface area contributed by atoms with Crippen LogP contribution in [0.15, 0.2) is 42.7 Å². The summed E-state index contributed by atoms with van der Waals surface area (Å²) in [5.41, 5.74) is 1.36. The lowest BCUT2D eigenvalue weighted by molar-refractivity contribution is 0.396. The lowest BCUT2D eigenvalue weighted by atomic mass is 10.1. The molecule has 0 bridgehead atoms. The van der Waals surface area contributed by atoms with E-state index in [4.69, 9.17) is 5.11 Å². The fraction of sp³-hybridized carbons (Fsp3) is 0. The summed E-state index contributed by atoms with van der Waals surface area (Å²) in [6, 6.07) is 7.31. The Labute approximate surface area is 107 Å². The Morgan fingerprint density at radius 3 is 2.42 bits per heavy atom. The molecule has 1 N–H and O–H groups in total. The first-order valence-electron chi connectivity index (χ1n) is 5.55. The van der Waals surface area contributed by atoms with E-state index in [1.807, 2.05) is 0 Å². The van der Waals surface area contributed by atoms with Gasteiger partial charge in [-0.25, -0.2) is 8.78 Å². The van der Waals surface area contributed by atoms with E-state index in [0.29, 0.717) is 16.6 Å². The molecule has 1 aromatic carbocycles. The predicted octanol–water partition coefficient (Wildman–Crippen LogP) is 3.28. The third kappa shape index (κ3) is 1.89. The Kier molecular flexibility index (Phi) is 2.59. The van der Waals surface area contributed by atoms with Crippen molar-refractivity contribution in [3.63, 3.8) is 0 Å². The minimum absolute atomic E-state index is 0.256. The van der Waals surface area contributed by atoms with E-state index >= 15 is 0 Å². The van der Waals surface area contributed by atoms with E-state index in [0.717, 1.165) is 12.1 Å². The highest BCUT2D eigenvalue weighted by Gasteiger charge is 2.13. The van der Waals surface area contributed by atoms with Crippen LogP contribution in [0.4, 0.5) is 8.78 Å². The Balaban J connectivity index is 2.31. The highest BCUT2D eigenvalue weighted by atomic mass is 19.1. The van der Waals surface area contributed by atoms with Crippen molar-refractivity contribution in [1.29, 1.82) is 0 Å². The molecule has 5 heteroatoms. The largest absolute Gasteiger partial charge is 0.503 e. The number of nitrogens with zero attached hydrogens (tertiary/aromatic N) is 2. The highest BCUT2D eigenvalue weighted by Crippen LogP contribution is 2.30. The third-order valence-electron chi connectivity index (χ3n) is 2.82. The number of phenols is 1. The van der Waals surface area contributed by atoms with Crippen LogP contribution in [-0.4, -0.2) is 15.1 Å². The van der Waals surface area contributed by atoms with Crippen molar-refractivity contribution in [1.82, 2.24) is 9.97 Å². The van der Waals surface area contributed by atoms with Crippen molar-refractivity contribution in [2.24, 2.45) is 0 Å². The van der Waals surface area contributed by atoms with Crippen LogP contribution >= 0.6 is 0 Å². The average molecular weight is 258 g/mol. The zero-order valence-electron chi connectivity index (χ0n) is 9.64. The van der Waals surface area contributed by atoms with Crippen molar-refractivity contribution in [2.75, 3.05) is 0 Å². The Morgan fingerprint density at radius 2 is 1.68 bits per heavy atom. The molecule has 0 aliphatic heterocycles. The summed E-state index contributed by atoms with van der Waals surface area (Å²) in [6.45, 7) is 0. The van der Waals surface area contributed by atoms with E-state index in [2.05, 4.69) is 9.97 Å². The van der Waals surface area contributed by atoms with E-state index < -0.39 is 17.4 Å². The normalized spacial score (nSPS) is 10.8. The van der Waals surface area contributed by atoms with Crippen molar-refractivity contribution < 1.29 is 13.9 Å². The molecule has 0 fully saturated rings. The summed E-state index contributed by atoms with van der Waals surface area (Å²) in [5, 5.41) is 9.80. The molecule has 0 aliphatic carbocycles. The number of halogens is 2. The summed E-state index contributed by atoms with van der Waals surface area (Å²) < 4.78 is 26.8. The van der Waals surface area contributed by atoms with E-state index in [-0.39, 0.29) is 5.56 Å². The minimum atomic E-state index is -1.02. The summed E-state index contributed by atoms with van der Waals surface area (Å²) in [5.74, 6) is -3.02. The van der Waals surface area contributed by atoms with Crippen LogP contribution in [0.1, 0.15) is 0 Å². The minimum Gasteiger partial charge on any atom is -0.503 e. The average Bonchev–Trinajstić information content (AvgIpc) is 2.43. The van der Waals surface area contributed by atoms with Gasteiger partial charge in [-0.3, -0.25) is 9.97 Å². The van der Waals surface area contributed by atoms with Crippen LogP contribution in [-0.2, 0) is 0 Å². The molecular formula is C14H8F2N2O. The second-order valence-corrected chi connectivity index (χ2v) is 4.02. The zero-order valence-corrected chi connectivity index (χ0v) is 9.64. The monoisotopic (exact) mass is 258 g/mol. The van der Waals surface area contributed by atoms with Gasteiger partial charge in [-0.1, -0.05) is 0 Å². The van der Waals surface area contributed by atoms with Gasteiger partial charge >= 0.3 is 0 Å². The molecule has 0 unspecified atom stereocenters. The Hall–Kier alpha value is -2.56. The summed E-state index contributed by atoms with van der Waals surface area (Å²) >= 11 is 0. The lowest BCUT2D eigenvalue weighted by Crippen LogP contribution is -1.91. The summed E-state index contributed by atoms with van der Waals surface area (Å²) in [7, 11) is 0. The van der Waals surface area contributed by atoms with Crippen molar-refractivity contribution >= 4 is 10.9 Å². The quantitative estimate of drug-likeness (QED) is 0.728. The maximum Gasteiger partial charge on any atom is 0.187 e. The van der Waals surface area contributed by atoms with Gasteiger partial charge in [0.15, 0.2) is 17.4 Å². The number of aromatic nitrogens is 2. The molecule has 19 heavy (non-hydrogen) atoms. The number of fused-ring (bicyclic) bond motifs is 1. The molecule has 0 aliphatic rings. The van der Waals surface area contributed by atoms with E-state index in [9.17, 15) is 8.78 Å².